The van der Waals surface area contributed by atoms with Crippen molar-refractivity contribution in [3.63, 3.8) is 0 Å². The number of nitrogens with one attached hydrogen (secondary N) is 2. The Morgan fingerprint density at radius 2 is 1.92 bits per heavy atom. The van der Waals surface area contributed by atoms with Gasteiger partial charge in [-0.1, -0.05) is 6.07 Å². The van der Waals surface area contributed by atoms with E-state index in [4.69, 9.17) is 9.15 Å². The average molecular weight is 348 g/mol. The van der Waals surface area contributed by atoms with Crippen molar-refractivity contribution in [3.05, 3.63) is 52.0 Å². The Labute approximate surface area is 138 Å². The minimum Gasteiger partial charge on any atom is -0.495 e. The third-order valence-electron chi connectivity index (χ3n) is 3.61. The van der Waals surface area contributed by atoms with Crippen LogP contribution in [-0.2, 0) is 10.0 Å². The summed E-state index contributed by atoms with van der Waals surface area (Å²) in [6.07, 6.45) is 0. The molecule has 1 aromatic heterocycles. The van der Waals surface area contributed by atoms with Crippen LogP contribution in [0.15, 0.2) is 44.4 Å². The summed E-state index contributed by atoms with van der Waals surface area (Å²) in [5.74, 6) is -0.219. The van der Waals surface area contributed by atoms with E-state index in [1.165, 1.54) is 13.2 Å². The molecule has 24 heavy (non-hydrogen) atoms. The van der Waals surface area contributed by atoms with Gasteiger partial charge in [0, 0.05) is 6.07 Å². The molecule has 126 valence electrons. The molecule has 0 fully saturated rings. The van der Waals surface area contributed by atoms with Crippen LogP contribution in [-0.4, -0.2) is 20.5 Å². The maximum atomic E-state index is 12.8. The number of aromatic nitrogens is 1. The van der Waals surface area contributed by atoms with Gasteiger partial charge in [-0.25, -0.2) is 13.2 Å². The number of methoxy groups -OCH3 is 1. The van der Waals surface area contributed by atoms with Crippen LogP contribution in [0.1, 0.15) is 11.1 Å². The van der Waals surface area contributed by atoms with Gasteiger partial charge in [-0.15, -0.1) is 0 Å². The van der Waals surface area contributed by atoms with Gasteiger partial charge in [-0.05, 0) is 43.2 Å². The number of H-pyrrole nitrogens is 1. The number of aromatic amines is 1. The number of hydrogen-bond donors (Lipinski definition) is 2. The van der Waals surface area contributed by atoms with E-state index in [0.29, 0.717) is 22.5 Å². The van der Waals surface area contributed by atoms with Gasteiger partial charge in [0.2, 0.25) is 0 Å². The second-order valence-corrected chi connectivity index (χ2v) is 7.09. The lowest BCUT2D eigenvalue weighted by Gasteiger charge is -2.13. The molecule has 0 unspecified atom stereocenters. The van der Waals surface area contributed by atoms with Crippen LogP contribution in [0.4, 0.5) is 5.69 Å². The van der Waals surface area contributed by atoms with E-state index in [9.17, 15) is 13.2 Å². The van der Waals surface area contributed by atoms with Crippen LogP contribution in [0.2, 0.25) is 0 Å². The Balaban J connectivity index is 2.10. The number of sulfonamides is 1. The smallest absolute Gasteiger partial charge is 0.417 e. The molecule has 2 N–H and O–H groups in total. The number of fused-ring (bicyclic) bond motifs is 1. The molecule has 0 aliphatic rings. The standard InChI is InChI=1S/C16H16N2O5S/c1-9-4-5-13(22-3)12(6-9)18-24(20,21)15-8-14-11(7-10(15)2)17-16(19)23-14/h4-8,18H,1-3H3,(H,17,19). The molecule has 3 rings (SSSR count). The molecule has 0 radical (unpaired) electrons. The van der Waals surface area contributed by atoms with Crippen LogP contribution < -0.4 is 15.2 Å². The number of oxazole rings is 1. The number of hydrogen-bond acceptors (Lipinski definition) is 5. The molecular formula is C16H16N2O5S. The normalized spacial score (nSPS) is 11.6. The summed E-state index contributed by atoms with van der Waals surface area (Å²) < 4.78 is 38.2. The first-order chi connectivity index (χ1) is 11.3. The van der Waals surface area contributed by atoms with Crippen molar-refractivity contribution in [3.8, 4) is 5.75 Å². The molecule has 0 aliphatic heterocycles. The molecule has 7 nitrogen and oxygen atoms in total. The van der Waals surface area contributed by atoms with Crippen LogP contribution in [0.25, 0.3) is 11.1 Å². The van der Waals surface area contributed by atoms with Crippen LogP contribution in [0.3, 0.4) is 0 Å². The maximum absolute atomic E-state index is 12.8. The summed E-state index contributed by atoms with van der Waals surface area (Å²) in [7, 11) is -2.41. The number of benzene rings is 2. The summed E-state index contributed by atoms with van der Waals surface area (Å²) in [5, 5.41) is 0. The number of rotatable bonds is 4. The summed E-state index contributed by atoms with van der Waals surface area (Å²) in [6.45, 7) is 3.50. The Kier molecular flexibility index (Phi) is 3.84. The first-order valence-corrected chi connectivity index (χ1v) is 8.59. The summed E-state index contributed by atoms with van der Waals surface area (Å²) >= 11 is 0. The Morgan fingerprint density at radius 3 is 2.62 bits per heavy atom. The molecule has 0 aliphatic carbocycles. The molecule has 8 heteroatoms. The molecule has 2 aromatic carbocycles. The summed E-state index contributed by atoms with van der Waals surface area (Å²) in [6, 6.07) is 8.08. The minimum absolute atomic E-state index is 0.0290. The monoisotopic (exact) mass is 348 g/mol. The van der Waals surface area contributed by atoms with E-state index in [-0.39, 0.29) is 10.5 Å². The van der Waals surface area contributed by atoms with Gasteiger partial charge >= 0.3 is 5.76 Å². The third kappa shape index (κ3) is 2.88. The van der Waals surface area contributed by atoms with Crippen molar-refractivity contribution < 1.29 is 17.6 Å². The quantitative estimate of drug-likeness (QED) is 0.754. The molecule has 0 saturated carbocycles. The molecule has 0 atom stereocenters. The van der Waals surface area contributed by atoms with Gasteiger partial charge < -0.3 is 9.15 Å². The first kappa shape index (κ1) is 16.1. The highest BCUT2D eigenvalue weighted by Crippen LogP contribution is 2.29. The highest BCUT2D eigenvalue weighted by molar-refractivity contribution is 7.92. The number of ether oxygens (including phenoxy) is 1. The fraction of sp³-hybridized carbons (Fsp3) is 0.188. The summed E-state index contributed by atoms with van der Waals surface area (Å²) in [5.41, 5.74) is 2.34. The summed E-state index contributed by atoms with van der Waals surface area (Å²) in [4.78, 5) is 13.8. The zero-order chi connectivity index (χ0) is 17.5. The fourth-order valence-corrected chi connectivity index (χ4v) is 3.78. The van der Waals surface area contributed by atoms with Crippen LogP contribution >= 0.6 is 0 Å². The van der Waals surface area contributed by atoms with Gasteiger partial charge in [-0.3, -0.25) is 9.71 Å². The van der Waals surface area contributed by atoms with Gasteiger partial charge in [0.05, 0.1) is 23.2 Å². The highest BCUT2D eigenvalue weighted by atomic mass is 32.2. The van der Waals surface area contributed by atoms with Gasteiger partial charge in [0.15, 0.2) is 5.58 Å². The van der Waals surface area contributed by atoms with E-state index in [0.717, 1.165) is 5.56 Å². The van der Waals surface area contributed by atoms with E-state index in [1.807, 2.05) is 13.0 Å². The Morgan fingerprint density at radius 1 is 1.17 bits per heavy atom. The molecule has 1 heterocycles. The van der Waals surface area contributed by atoms with Crippen molar-refractivity contribution in [2.45, 2.75) is 18.7 Å². The van der Waals surface area contributed by atoms with Crippen molar-refractivity contribution in [2.24, 2.45) is 0 Å². The number of aryl methyl sites for hydroxylation is 2. The third-order valence-corrected chi connectivity index (χ3v) is 5.11. The second-order valence-electron chi connectivity index (χ2n) is 5.44. The van der Waals surface area contributed by atoms with Gasteiger partial charge in [-0.2, -0.15) is 0 Å². The lowest BCUT2D eigenvalue weighted by molar-refractivity contribution is 0.417. The lowest BCUT2D eigenvalue weighted by Crippen LogP contribution is -2.15. The van der Waals surface area contributed by atoms with Crippen LogP contribution in [0, 0.1) is 13.8 Å². The Hall–Kier alpha value is -2.74. The second kappa shape index (κ2) is 5.72. The SMILES string of the molecule is COc1ccc(C)cc1NS(=O)(=O)c1cc2oc(=O)[nH]c2cc1C. The zero-order valence-corrected chi connectivity index (χ0v) is 14.2. The van der Waals surface area contributed by atoms with E-state index >= 15 is 0 Å². The highest BCUT2D eigenvalue weighted by Gasteiger charge is 2.21. The van der Waals surface area contributed by atoms with Crippen molar-refractivity contribution >= 4 is 26.8 Å². The molecule has 0 spiro atoms. The topological polar surface area (TPSA) is 101 Å². The molecule has 0 saturated heterocycles. The van der Waals surface area contributed by atoms with Crippen molar-refractivity contribution in [1.82, 2.24) is 4.98 Å². The van der Waals surface area contributed by atoms with Crippen molar-refractivity contribution in [2.75, 3.05) is 11.8 Å². The molecule has 0 bridgehead atoms. The van der Waals surface area contributed by atoms with E-state index in [1.54, 1.807) is 25.1 Å². The van der Waals surface area contributed by atoms with Crippen LogP contribution in [0.5, 0.6) is 5.75 Å². The molecule has 3 aromatic rings. The predicted molar refractivity (Wildman–Crippen MR) is 90.1 cm³/mol. The van der Waals surface area contributed by atoms with E-state index in [2.05, 4.69) is 9.71 Å². The molecular weight excluding hydrogens is 332 g/mol. The van der Waals surface area contributed by atoms with Gasteiger partial charge in [0.25, 0.3) is 10.0 Å². The maximum Gasteiger partial charge on any atom is 0.417 e. The zero-order valence-electron chi connectivity index (χ0n) is 13.3. The predicted octanol–water partition coefficient (Wildman–Crippen LogP) is 2.55. The number of anilines is 1. The largest absolute Gasteiger partial charge is 0.495 e. The lowest BCUT2D eigenvalue weighted by atomic mass is 10.2. The first-order valence-electron chi connectivity index (χ1n) is 7.11. The fourth-order valence-electron chi connectivity index (χ4n) is 2.48. The minimum atomic E-state index is -3.88. The Bertz CT molecular complexity index is 1080. The van der Waals surface area contributed by atoms with Gasteiger partial charge in [0.1, 0.15) is 5.75 Å². The van der Waals surface area contributed by atoms with E-state index < -0.39 is 15.8 Å². The average Bonchev–Trinajstić information content (AvgIpc) is 2.85. The van der Waals surface area contributed by atoms with Crippen molar-refractivity contribution in [1.29, 1.82) is 0 Å². The molecule has 0 amide bonds.